The quantitative estimate of drug-likeness (QED) is 0.143. The first-order valence-electron chi connectivity index (χ1n) is 13.0. The molecule has 4 rings (SSSR count). The normalized spacial score (nSPS) is 12.5. The van der Waals surface area contributed by atoms with Crippen LogP contribution in [0.5, 0.6) is 0 Å². The van der Waals surface area contributed by atoms with E-state index in [0.29, 0.717) is 11.5 Å². The third kappa shape index (κ3) is 13.4. The van der Waals surface area contributed by atoms with Crippen molar-refractivity contribution in [1.82, 2.24) is 0 Å². The molecule has 0 amide bonds. The molecule has 0 heterocycles. The Morgan fingerprint density at radius 3 is 1.43 bits per heavy atom. The summed E-state index contributed by atoms with van der Waals surface area (Å²) in [7, 11) is -9.87. The molecule has 0 aromatic heterocycles. The minimum atomic E-state index is -6.00. The van der Waals surface area contributed by atoms with Crippen LogP contribution in [0.1, 0.15) is 59.7 Å². The van der Waals surface area contributed by atoms with Crippen molar-refractivity contribution in [1.29, 1.82) is 0 Å². The maximum atomic E-state index is 12.8. The van der Waals surface area contributed by atoms with Crippen LogP contribution in [0.15, 0.2) is 114 Å². The van der Waals surface area contributed by atoms with Gasteiger partial charge in [0, 0.05) is 4.90 Å². The van der Waals surface area contributed by atoms with Crippen LogP contribution in [0, 0.1) is 13.8 Å². The Hall–Kier alpha value is -2.84. The molecule has 0 saturated carbocycles. The van der Waals surface area contributed by atoms with Gasteiger partial charge in [-0.3, -0.25) is 0 Å². The zero-order valence-corrected chi connectivity index (χ0v) is 26.3. The molecule has 0 bridgehead atoms. The van der Waals surface area contributed by atoms with Crippen molar-refractivity contribution >= 4 is 17.3 Å². The average molecular weight is 687 g/mol. The monoisotopic (exact) mass is 687 g/mol. The average Bonchev–Trinajstić information content (AvgIpc) is 2.92. The van der Waals surface area contributed by atoms with E-state index in [9.17, 15) is 25.7 Å². The molecular weight excluding hydrogens is 652 g/mol. The van der Waals surface area contributed by atoms with Gasteiger partial charge in [0.1, 0.15) is 10.0 Å². The maximum Gasteiger partial charge on any atom is 3.00 e. The van der Waals surface area contributed by atoms with E-state index in [1.165, 1.54) is 11.1 Å². The Labute approximate surface area is 259 Å². The minimum absolute atomic E-state index is 0. The summed E-state index contributed by atoms with van der Waals surface area (Å²) in [5.74, 6) is 0.653. The molecule has 0 aliphatic rings. The summed E-state index contributed by atoms with van der Waals surface area (Å²) in [5.41, 5.74) is 13.8. The van der Waals surface area contributed by atoms with Gasteiger partial charge in [0.25, 0.3) is 0 Å². The third-order valence-corrected chi connectivity index (χ3v) is 7.30. The third-order valence-electron chi connectivity index (χ3n) is 5.93. The van der Waals surface area contributed by atoms with Gasteiger partial charge in [0.2, 0.25) is 0 Å². The van der Waals surface area contributed by atoms with Crippen molar-refractivity contribution in [3.8, 4) is 0 Å². The number of nitrogens with one attached hydrogen (secondary N) is 1. The molecule has 0 aliphatic carbocycles. The molecule has 4 aromatic carbocycles. The Balaban J connectivity index is 0.000000456. The van der Waals surface area contributed by atoms with Crippen LogP contribution in [-0.2, 0) is 29.5 Å². The van der Waals surface area contributed by atoms with Crippen LogP contribution < -0.4 is 0 Å². The van der Waals surface area contributed by atoms with E-state index >= 15 is 0 Å². The number of hydrogen-bond acceptors (Lipinski definition) is 2. The van der Waals surface area contributed by atoms with Gasteiger partial charge in [-0.1, -0.05) is 133 Å². The maximum absolute atomic E-state index is 12.8. The molecule has 0 spiro atoms. The van der Waals surface area contributed by atoms with Gasteiger partial charge in [-0.25, -0.2) is 8.42 Å². The van der Waals surface area contributed by atoms with Crippen LogP contribution in [0.3, 0.4) is 0 Å². The fourth-order valence-electron chi connectivity index (χ4n) is 3.68. The first kappa shape index (κ1) is 37.2. The van der Waals surface area contributed by atoms with Crippen molar-refractivity contribution in [3.05, 3.63) is 147 Å². The molecule has 42 heavy (non-hydrogen) atoms. The van der Waals surface area contributed by atoms with Gasteiger partial charge >= 0.3 is 26.7 Å². The predicted molar refractivity (Wildman–Crippen MR) is 160 cm³/mol. The molecule has 225 valence electrons. The van der Waals surface area contributed by atoms with E-state index in [1.807, 2.05) is 67.6 Å². The standard InChI is InChI=1S/C21H20N2O2S.C10H14.BF4.Ru/c1-16-12-14-19(15-13-16)26(24,25)23-21(18-10-6-3-7-11-18)20(22)17-8-4-2-5-9-17;1-8(2)10-6-4-9(3)5-7-10;2-1(3,4)5;/h2-15,20-22H,1H3;4-8H,1-3H3;;/q-2;;-1;+3/t20-,21-;;;/m1.../s1. The smallest absolute Gasteiger partial charge is 0.672 e. The second kappa shape index (κ2) is 17.3. The van der Waals surface area contributed by atoms with E-state index < -0.39 is 29.4 Å². The first-order chi connectivity index (χ1) is 19.2. The summed E-state index contributed by atoms with van der Waals surface area (Å²) in [4.78, 5) is 0.143. The van der Waals surface area contributed by atoms with Crippen LogP contribution in [0.25, 0.3) is 10.5 Å². The fourth-order valence-corrected chi connectivity index (χ4v) is 4.82. The van der Waals surface area contributed by atoms with E-state index in [-0.39, 0.29) is 24.4 Å². The summed E-state index contributed by atoms with van der Waals surface area (Å²) < 4.78 is 68.8. The molecule has 0 saturated heterocycles. The molecular formula is C31H34BF4N2O2RuS. The SMILES string of the molecule is Cc1ccc(C(C)C)cc1.Cc1ccc(S(=O)(=O)[N-][C@H](c2ccccc2)[C@H]([NH-])c2ccccc2)cc1.F[B-](F)(F)F.[Ru+3]. The summed E-state index contributed by atoms with van der Waals surface area (Å²) in [5, 5.41) is 0. The van der Waals surface area contributed by atoms with E-state index in [1.54, 1.807) is 24.3 Å². The topological polar surface area (TPSA) is 72.0 Å². The van der Waals surface area contributed by atoms with E-state index in [2.05, 4.69) is 49.8 Å². The second-order valence-corrected chi connectivity index (χ2v) is 11.3. The zero-order chi connectivity index (χ0) is 30.6. The van der Waals surface area contributed by atoms with Gasteiger partial charge in [0.15, 0.2) is 0 Å². The zero-order valence-electron chi connectivity index (χ0n) is 23.7. The summed E-state index contributed by atoms with van der Waals surface area (Å²) in [6, 6.07) is 32.0. The fraction of sp³-hybridized carbons (Fsp3) is 0.226. The van der Waals surface area contributed by atoms with Gasteiger partial charge < -0.3 is 27.7 Å². The van der Waals surface area contributed by atoms with Crippen LogP contribution >= 0.6 is 0 Å². The predicted octanol–water partition coefficient (Wildman–Crippen LogP) is 10.0. The number of nitrogens with zero attached hydrogens (tertiary/aromatic N) is 1. The van der Waals surface area contributed by atoms with Crippen LogP contribution in [0.2, 0.25) is 0 Å². The van der Waals surface area contributed by atoms with E-state index in [4.69, 9.17) is 5.73 Å². The molecule has 1 radical (unpaired) electrons. The van der Waals surface area contributed by atoms with Gasteiger partial charge in [-0.05, 0) is 37.5 Å². The van der Waals surface area contributed by atoms with E-state index in [0.717, 1.165) is 11.1 Å². The molecule has 1 N–H and O–H groups in total. The Kier molecular flexibility index (Phi) is 15.3. The van der Waals surface area contributed by atoms with Crippen LogP contribution in [0.4, 0.5) is 17.3 Å². The molecule has 0 fully saturated rings. The number of aryl methyl sites for hydroxylation is 2. The van der Waals surface area contributed by atoms with Crippen molar-refractivity contribution in [3.63, 3.8) is 0 Å². The van der Waals surface area contributed by atoms with Crippen molar-refractivity contribution in [2.45, 2.75) is 50.6 Å². The Bertz CT molecular complexity index is 1420. The summed E-state index contributed by atoms with van der Waals surface area (Å²) >= 11 is 0. The number of rotatable bonds is 7. The molecule has 0 unspecified atom stereocenters. The van der Waals surface area contributed by atoms with Crippen molar-refractivity contribution in [2.75, 3.05) is 0 Å². The summed E-state index contributed by atoms with van der Waals surface area (Å²) in [6.45, 7) is 8.44. The number of benzene rings is 4. The van der Waals surface area contributed by atoms with Crippen molar-refractivity contribution in [2.24, 2.45) is 0 Å². The molecule has 4 nitrogen and oxygen atoms in total. The van der Waals surface area contributed by atoms with Crippen molar-refractivity contribution < 1.29 is 45.2 Å². The minimum Gasteiger partial charge on any atom is -0.672 e. The van der Waals surface area contributed by atoms with Gasteiger partial charge in [0.05, 0.1) is 0 Å². The molecule has 0 aliphatic heterocycles. The number of hydrogen-bond donors (Lipinski definition) is 0. The van der Waals surface area contributed by atoms with Gasteiger partial charge in [-0.15, -0.1) is 12.1 Å². The molecule has 11 heteroatoms. The Morgan fingerprint density at radius 1 is 0.643 bits per heavy atom. The number of sulfonamides is 1. The molecule has 2 atom stereocenters. The number of halogens is 4. The second-order valence-electron chi connectivity index (χ2n) is 9.70. The van der Waals surface area contributed by atoms with Gasteiger partial charge in [-0.2, -0.15) is 0 Å². The Morgan fingerprint density at radius 2 is 1.02 bits per heavy atom. The largest absolute Gasteiger partial charge is 3.00 e. The van der Waals surface area contributed by atoms with Crippen LogP contribution in [-0.4, -0.2) is 15.7 Å². The molecule has 4 aromatic rings. The first-order valence-corrected chi connectivity index (χ1v) is 14.4. The summed E-state index contributed by atoms with van der Waals surface area (Å²) in [6.07, 6.45) is 0.